The summed E-state index contributed by atoms with van der Waals surface area (Å²) < 4.78 is 12.2. The van der Waals surface area contributed by atoms with Gasteiger partial charge in [0.25, 0.3) is 0 Å². The number of para-hydroxylation sites is 3. The van der Waals surface area contributed by atoms with Crippen molar-refractivity contribution in [2.45, 2.75) is 0 Å². The van der Waals surface area contributed by atoms with Crippen LogP contribution in [0.5, 0.6) is 0 Å². The van der Waals surface area contributed by atoms with Gasteiger partial charge in [-0.15, -0.1) is 0 Å². The van der Waals surface area contributed by atoms with Crippen molar-refractivity contribution in [3.63, 3.8) is 0 Å². The normalized spacial score (nSPS) is 12.5. The number of hydrogen-bond donors (Lipinski definition) is 0. The van der Waals surface area contributed by atoms with Crippen LogP contribution in [0.25, 0.3) is 56.4 Å². The molecule has 158 valence electrons. The number of allylic oxidation sites excluding steroid dienone is 1. The molecule has 0 atom stereocenters. The second kappa shape index (κ2) is 7.43. The third-order valence-corrected chi connectivity index (χ3v) is 5.81. The van der Waals surface area contributed by atoms with Gasteiger partial charge in [0.15, 0.2) is 11.6 Å². The first-order valence-electron chi connectivity index (χ1n) is 10.3. The Bertz CT molecular complexity index is 1830. The first-order chi connectivity index (χ1) is 16.1. The number of benzene rings is 3. The summed E-state index contributed by atoms with van der Waals surface area (Å²) in [4.78, 5) is 13.5. The Morgan fingerprint density at radius 2 is 1.48 bits per heavy atom. The second-order valence-electron chi connectivity index (χ2n) is 7.56. The molecule has 0 saturated heterocycles. The van der Waals surface area contributed by atoms with E-state index in [1.54, 1.807) is 6.08 Å². The summed E-state index contributed by atoms with van der Waals surface area (Å²) in [5, 5.41) is 3.71. The summed E-state index contributed by atoms with van der Waals surface area (Å²) in [5.41, 5.74) is 4.05. The van der Waals surface area contributed by atoms with Crippen LogP contribution in [0.4, 0.5) is 0 Å². The van der Waals surface area contributed by atoms with Crippen LogP contribution in [-0.2, 0) is 0 Å². The van der Waals surface area contributed by atoms with Gasteiger partial charge in [-0.1, -0.05) is 67.8 Å². The molecule has 5 nitrogen and oxygen atoms in total. The topological polar surface area (TPSA) is 65.0 Å². The van der Waals surface area contributed by atoms with E-state index in [9.17, 15) is 0 Å². The summed E-state index contributed by atoms with van der Waals surface area (Å²) in [6, 6.07) is 21.5. The Morgan fingerprint density at radius 1 is 0.788 bits per heavy atom. The van der Waals surface area contributed by atoms with Crippen LogP contribution < -0.4 is 10.6 Å². The number of aromatic nitrogens is 3. The van der Waals surface area contributed by atoms with Crippen molar-refractivity contribution < 1.29 is 8.83 Å². The molecule has 6 rings (SSSR count). The van der Waals surface area contributed by atoms with Crippen molar-refractivity contribution in [2.75, 3.05) is 0 Å². The van der Waals surface area contributed by atoms with Crippen LogP contribution in [0, 0.1) is 0 Å². The molecule has 0 spiro atoms. The van der Waals surface area contributed by atoms with E-state index in [2.05, 4.69) is 23.1 Å². The predicted octanol–water partition coefficient (Wildman–Crippen LogP) is 5.63. The summed E-state index contributed by atoms with van der Waals surface area (Å²) in [5.74, 6) is 0.743. The summed E-state index contributed by atoms with van der Waals surface area (Å²) in [6.07, 6.45) is 1.64. The van der Waals surface area contributed by atoms with Crippen molar-refractivity contribution in [2.24, 2.45) is 0 Å². The molecule has 0 radical (unpaired) electrons. The molecule has 6 aromatic rings. The average Bonchev–Trinajstić information content (AvgIpc) is 3.37. The molecule has 33 heavy (non-hydrogen) atoms. The van der Waals surface area contributed by atoms with Crippen LogP contribution in [0.1, 0.15) is 5.82 Å². The minimum Gasteiger partial charge on any atom is -0.455 e. The van der Waals surface area contributed by atoms with Crippen LogP contribution >= 0.6 is 11.6 Å². The fraction of sp³-hybridized carbons (Fsp3) is 0. The molecule has 3 aromatic heterocycles. The van der Waals surface area contributed by atoms with E-state index < -0.39 is 0 Å². The summed E-state index contributed by atoms with van der Waals surface area (Å²) in [7, 11) is 0. The number of furan rings is 2. The Balaban J connectivity index is 1.63. The maximum absolute atomic E-state index is 6.35. The maximum Gasteiger partial charge on any atom is 0.226 e. The van der Waals surface area contributed by atoms with Gasteiger partial charge in [0, 0.05) is 21.4 Å². The molecule has 3 heterocycles. The molecule has 0 aliphatic rings. The van der Waals surface area contributed by atoms with E-state index in [4.69, 9.17) is 25.4 Å². The highest BCUT2D eigenvalue weighted by molar-refractivity contribution is 6.28. The zero-order chi connectivity index (χ0) is 22.5. The maximum atomic E-state index is 6.35. The summed E-state index contributed by atoms with van der Waals surface area (Å²) >= 11 is 6.35. The van der Waals surface area contributed by atoms with Crippen molar-refractivity contribution in [1.82, 2.24) is 15.0 Å². The van der Waals surface area contributed by atoms with E-state index in [1.165, 1.54) is 0 Å². The van der Waals surface area contributed by atoms with Gasteiger partial charge in [0.2, 0.25) is 5.28 Å². The van der Waals surface area contributed by atoms with Crippen LogP contribution in [0.15, 0.2) is 88.2 Å². The van der Waals surface area contributed by atoms with Gasteiger partial charge >= 0.3 is 0 Å². The van der Waals surface area contributed by atoms with E-state index in [1.807, 2.05) is 66.7 Å². The number of hydrogen-bond acceptors (Lipinski definition) is 5. The lowest BCUT2D eigenvalue weighted by molar-refractivity contribution is 0.573. The first-order valence-corrected chi connectivity index (χ1v) is 10.7. The quantitative estimate of drug-likeness (QED) is 0.350. The van der Waals surface area contributed by atoms with Crippen molar-refractivity contribution in [3.05, 3.63) is 101 Å². The van der Waals surface area contributed by atoms with Crippen molar-refractivity contribution in [1.29, 1.82) is 0 Å². The highest BCUT2D eigenvalue weighted by Crippen LogP contribution is 2.34. The van der Waals surface area contributed by atoms with Crippen molar-refractivity contribution >= 4 is 56.7 Å². The molecule has 0 fully saturated rings. The molecule has 0 bridgehead atoms. The smallest absolute Gasteiger partial charge is 0.226 e. The van der Waals surface area contributed by atoms with Gasteiger partial charge in [0.1, 0.15) is 22.2 Å². The van der Waals surface area contributed by atoms with Crippen LogP contribution in [-0.4, -0.2) is 15.0 Å². The van der Waals surface area contributed by atoms with Gasteiger partial charge in [0.05, 0.1) is 11.1 Å². The van der Waals surface area contributed by atoms with Gasteiger partial charge in [-0.2, -0.15) is 9.97 Å². The number of fused-ring (bicyclic) bond motifs is 4. The standard InChI is InChI=1S/C27H16ClN3O2/c1-3-16(23-15(2)17-9-4-6-13-21(17)32-23)25-29-26(31-27(28)30-25)20-12-8-11-19-18-10-5-7-14-22(18)33-24(19)20/h3-14H,1-2H2/b23-16-. The molecule has 0 N–H and O–H groups in total. The number of nitrogens with zero attached hydrogens (tertiary/aromatic N) is 3. The average molecular weight is 450 g/mol. The number of rotatable bonds is 3. The largest absolute Gasteiger partial charge is 0.455 e. The Labute approximate surface area is 193 Å². The highest BCUT2D eigenvalue weighted by Gasteiger charge is 2.17. The minimum atomic E-state index is 0.0594. The van der Waals surface area contributed by atoms with Crippen molar-refractivity contribution in [3.8, 4) is 11.4 Å². The van der Waals surface area contributed by atoms with Gasteiger partial charge < -0.3 is 8.83 Å². The van der Waals surface area contributed by atoms with E-state index in [0.717, 1.165) is 38.1 Å². The zero-order valence-corrected chi connectivity index (χ0v) is 18.1. The SMILES string of the molecule is C=C/C(c1nc(Cl)nc(-c2cccc3c2oc2ccccc23)n1)=c1/oc2ccccc2c1=C. The summed E-state index contributed by atoms with van der Waals surface area (Å²) in [6.45, 7) is 8.14. The molecule has 0 aliphatic carbocycles. The van der Waals surface area contributed by atoms with Crippen LogP contribution in [0.2, 0.25) is 5.28 Å². The first kappa shape index (κ1) is 19.5. The molecular weight excluding hydrogens is 434 g/mol. The minimum absolute atomic E-state index is 0.0594. The van der Waals surface area contributed by atoms with Crippen LogP contribution in [0.3, 0.4) is 0 Å². The predicted molar refractivity (Wildman–Crippen MR) is 131 cm³/mol. The fourth-order valence-electron chi connectivity index (χ4n) is 4.12. The third-order valence-electron chi connectivity index (χ3n) is 5.64. The molecule has 6 heteroatoms. The Hall–Kier alpha value is -4.22. The molecule has 0 saturated carbocycles. The molecule has 3 aromatic carbocycles. The molecule has 0 unspecified atom stereocenters. The number of halogens is 1. The monoisotopic (exact) mass is 449 g/mol. The lowest BCUT2D eigenvalue weighted by atomic mass is 10.1. The third kappa shape index (κ3) is 3.05. The van der Waals surface area contributed by atoms with Gasteiger partial charge in [-0.25, -0.2) is 4.98 Å². The molecular formula is C27H16ClN3O2. The fourth-order valence-corrected chi connectivity index (χ4v) is 4.28. The highest BCUT2D eigenvalue weighted by atomic mass is 35.5. The Kier molecular flexibility index (Phi) is 4.38. The lowest BCUT2D eigenvalue weighted by Crippen LogP contribution is -2.22. The van der Waals surface area contributed by atoms with Gasteiger partial charge in [-0.05, 0) is 29.8 Å². The molecule has 0 amide bonds. The zero-order valence-electron chi connectivity index (χ0n) is 17.4. The van der Waals surface area contributed by atoms with E-state index in [-0.39, 0.29) is 5.28 Å². The van der Waals surface area contributed by atoms with E-state index >= 15 is 0 Å². The molecule has 0 aliphatic heterocycles. The van der Waals surface area contributed by atoms with Gasteiger partial charge in [-0.3, -0.25) is 0 Å². The lowest BCUT2D eigenvalue weighted by Gasteiger charge is -2.05. The van der Waals surface area contributed by atoms with E-state index in [0.29, 0.717) is 28.2 Å². The second-order valence-corrected chi connectivity index (χ2v) is 7.89. The Morgan fingerprint density at radius 3 is 2.24 bits per heavy atom.